The molecule has 2 N–H and O–H groups in total. The molecule has 1 atom stereocenters. The first-order valence-electron chi connectivity index (χ1n) is 9.61. The number of thioether (sulfide) groups is 1. The Kier molecular flexibility index (Phi) is 6.77. The van der Waals surface area contributed by atoms with Crippen LogP contribution >= 0.6 is 11.8 Å². The first-order chi connectivity index (χ1) is 14.8. The number of aliphatic hydroxyl groups is 1. The van der Waals surface area contributed by atoms with Gasteiger partial charge in [-0.1, -0.05) is 11.1 Å². The molecule has 1 heterocycles. The van der Waals surface area contributed by atoms with Crippen LogP contribution in [0.5, 0.6) is 5.75 Å². The number of hydrogen-bond donors (Lipinski definition) is 2. The molecule has 0 spiro atoms. The molecule has 160 valence electrons. The van der Waals surface area contributed by atoms with Gasteiger partial charge in [-0.05, 0) is 74.1 Å². The van der Waals surface area contributed by atoms with Crippen molar-refractivity contribution in [1.82, 2.24) is 10.5 Å². The smallest absolute Gasteiger partial charge is 0.272 e. The van der Waals surface area contributed by atoms with Gasteiger partial charge in [0.2, 0.25) is 5.44 Å². The van der Waals surface area contributed by atoms with Crippen LogP contribution in [-0.4, -0.2) is 27.9 Å². The Morgan fingerprint density at radius 1 is 1.42 bits per heavy atom. The van der Waals surface area contributed by atoms with Crippen LogP contribution in [0.3, 0.4) is 0 Å². The van der Waals surface area contributed by atoms with E-state index in [-0.39, 0.29) is 12.5 Å². The van der Waals surface area contributed by atoms with Crippen molar-refractivity contribution < 1.29 is 19.2 Å². The van der Waals surface area contributed by atoms with Crippen LogP contribution in [-0.2, 0) is 16.9 Å². The number of amides is 1. The molecule has 0 saturated carbocycles. The average molecular weight is 437 g/mol. The monoisotopic (exact) mass is 436 g/mol. The molecule has 0 bridgehead atoms. The van der Waals surface area contributed by atoms with Gasteiger partial charge in [0.05, 0.1) is 5.54 Å². The van der Waals surface area contributed by atoms with Gasteiger partial charge in [-0.3, -0.25) is 4.79 Å². The van der Waals surface area contributed by atoms with Crippen molar-refractivity contribution in [2.24, 2.45) is 0 Å². The molecule has 6 nitrogen and oxygen atoms in total. The molecule has 1 amide bonds. The van der Waals surface area contributed by atoms with Crippen LogP contribution in [0.25, 0.3) is 12.2 Å². The second-order valence-electron chi connectivity index (χ2n) is 7.58. The van der Waals surface area contributed by atoms with E-state index in [9.17, 15) is 9.90 Å². The molecule has 0 fully saturated rings. The van der Waals surface area contributed by atoms with Gasteiger partial charge in [0.25, 0.3) is 5.91 Å². The number of carbonyl (C=O) groups is 1. The number of fused-ring (bicyclic) bond motifs is 1. The number of nitrogens with zero attached hydrogens (tertiary/aromatic N) is 1. The molecule has 7 heteroatoms. The van der Waals surface area contributed by atoms with E-state index >= 15 is 0 Å². The lowest BCUT2D eigenvalue weighted by Crippen LogP contribution is -2.46. The zero-order valence-corrected chi connectivity index (χ0v) is 18.7. The van der Waals surface area contributed by atoms with E-state index in [4.69, 9.17) is 15.7 Å². The zero-order valence-electron chi connectivity index (χ0n) is 17.9. The van der Waals surface area contributed by atoms with Crippen LogP contribution in [0, 0.1) is 19.3 Å². The van der Waals surface area contributed by atoms with Gasteiger partial charge < -0.3 is 19.7 Å². The van der Waals surface area contributed by atoms with Crippen molar-refractivity contribution in [3.8, 4) is 18.1 Å². The Balaban J connectivity index is 1.80. The normalized spacial score (nSPS) is 13.6. The summed E-state index contributed by atoms with van der Waals surface area (Å²) in [7, 11) is 0. The molecular formula is C24H24N2O4S. The van der Waals surface area contributed by atoms with Gasteiger partial charge in [0, 0.05) is 11.6 Å². The lowest BCUT2D eigenvalue weighted by Gasteiger charge is -2.26. The van der Waals surface area contributed by atoms with Crippen LogP contribution < -0.4 is 10.1 Å². The molecule has 1 aromatic heterocycles. The first kappa shape index (κ1) is 22.5. The quantitative estimate of drug-likeness (QED) is 0.390. The number of allylic oxidation sites excluding steroid dienone is 2. The number of nitrogens with one attached hydrogen (secondary N) is 1. The number of aryl methyl sites for hydroxylation is 1. The standard InChI is InChI=1S/C24H24N2O4S/c1-6-16-8-7-9-20-15(2)10-18(12-17(20)11-16)29-23(31-5)22(28)25-24(3,4)21-13-19(14-27)30-26-21/h1,8-13,23,27H,14H2,2-5H3,(H,25,28). The summed E-state index contributed by atoms with van der Waals surface area (Å²) < 4.78 is 11.1. The van der Waals surface area contributed by atoms with E-state index in [1.54, 1.807) is 32.2 Å². The van der Waals surface area contributed by atoms with Crippen molar-refractivity contribution in [3.05, 3.63) is 63.7 Å². The fourth-order valence-electron chi connectivity index (χ4n) is 3.13. The molecule has 3 rings (SSSR count). The maximum atomic E-state index is 12.9. The predicted molar refractivity (Wildman–Crippen MR) is 122 cm³/mol. The number of terminal acetylenes is 1. The summed E-state index contributed by atoms with van der Waals surface area (Å²) in [6.07, 6.45) is 12.9. The Hall–Kier alpha value is -3.17. The maximum absolute atomic E-state index is 12.9. The minimum Gasteiger partial charge on any atom is -0.470 e. The third-order valence-electron chi connectivity index (χ3n) is 4.80. The number of carbonyl (C=O) groups excluding carboxylic acids is 1. The molecular weight excluding hydrogens is 412 g/mol. The van der Waals surface area contributed by atoms with Gasteiger partial charge in [-0.25, -0.2) is 0 Å². The Morgan fingerprint density at radius 2 is 2.19 bits per heavy atom. The van der Waals surface area contributed by atoms with E-state index in [0.717, 1.165) is 16.7 Å². The molecule has 0 aliphatic heterocycles. The summed E-state index contributed by atoms with van der Waals surface area (Å²) in [5.41, 5.74) is 5.61. The van der Waals surface area contributed by atoms with Crippen molar-refractivity contribution >= 4 is 29.8 Å². The number of rotatable bonds is 7. The number of hydrogen-bond acceptors (Lipinski definition) is 6. The summed E-state index contributed by atoms with van der Waals surface area (Å²) in [6, 6.07) is 5.37. The van der Waals surface area contributed by atoms with E-state index in [2.05, 4.69) is 22.1 Å². The second-order valence-corrected chi connectivity index (χ2v) is 8.48. The van der Waals surface area contributed by atoms with E-state index in [1.807, 2.05) is 31.2 Å². The highest BCUT2D eigenvalue weighted by molar-refractivity contribution is 7.99. The number of ether oxygens (including phenoxy) is 1. The van der Waals surface area contributed by atoms with E-state index in [1.165, 1.54) is 11.8 Å². The summed E-state index contributed by atoms with van der Waals surface area (Å²) >= 11 is 1.28. The lowest BCUT2D eigenvalue weighted by atomic mass is 10.00. The van der Waals surface area contributed by atoms with Crippen molar-refractivity contribution in [2.75, 3.05) is 6.26 Å². The summed E-state index contributed by atoms with van der Waals surface area (Å²) in [5, 5.41) is 16.0. The number of benzene rings is 1. The minimum absolute atomic E-state index is 0.258. The first-order valence-corrected chi connectivity index (χ1v) is 10.9. The molecule has 1 aliphatic carbocycles. The third kappa shape index (κ3) is 5.12. The van der Waals surface area contributed by atoms with Crippen LogP contribution in [0.1, 0.15) is 42.0 Å². The SMILES string of the molecule is C#CC1=Cc2cc(OC(SC)C(=O)NC(C)(C)c3cc(CO)on3)cc(C)c2C=C=C1. The van der Waals surface area contributed by atoms with Gasteiger partial charge in [-0.2, -0.15) is 0 Å². The lowest BCUT2D eigenvalue weighted by molar-refractivity contribution is -0.126. The average Bonchev–Trinajstić information content (AvgIpc) is 3.13. The van der Waals surface area contributed by atoms with Gasteiger partial charge >= 0.3 is 0 Å². The highest BCUT2D eigenvalue weighted by Gasteiger charge is 2.31. The molecule has 0 radical (unpaired) electrons. The molecule has 1 aromatic carbocycles. The van der Waals surface area contributed by atoms with E-state index < -0.39 is 11.0 Å². The Labute approximate surface area is 186 Å². The maximum Gasteiger partial charge on any atom is 0.272 e. The highest BCUT2D eigenvalue weighted by atomic mass is 32.2. The molecule has 1 aliphatic rings. The molecule has 2 aromatic rings. The Bertz CT molecular complexity index is 1130. The molecule has 0 saturated heterocycles. The highest BCUT2D eigenvalue weighted by Crippen LogP contribution is 2.29. The number of aliphatic hydroxyl groups excluding tert-OH is 1. The second kappa shape index (κ2) is 9.32. The van der Waals surface area contributed by atoms with Crippen LogP contribution in [0.15, 0.2) is 40.1 Å². The summed E-state index contributed by atoms with van der Waals surface area (Å²) in [4.78, 5) is 12.9. The minimum atomic E-state index is -0.810. The van der Waals surface area contributed by atoms with Gasteiger partial charge in [0.15, 0.2) is 5.76 Å². The fraction of sp³-hybridized carbons (Fsp3) is 0.292. The predicted octanol–water partition coefficient (Wildman–Crippen LogP) is 3.79. The van der Waals surface area contributed by atoms with E-state index in [0.29, 0.717) is 22.8 Å². The topological polar surface area (TPSA) is 84.6 Å². The summed E-state index contributed by atoms with van der Waals surface area (Å²) in [5.74, 6) is 3.22. The number of aromatic nitrogens is 1. The largest absolute Gasteiger partial charge is 0.470 e. The molecule has 1 unspecified atom stereocenters. The van der Waals surface area contributed by atoms with Crippen molar-refractivity contribution in [3.63, 3.8) is 0 Å². The van der Waals surface area contributed by atoms with Gasteiger partial charge in [0.1, 0.15) is 18.1 Å². The third-order valence-corrected chi connectivity index (χ3v) is 5.54. The van der Waals surface area contributed by atoms with Crippen LogP contribution in [0.4, 0.5) is 0 Å². The fourth-order valence-corrected chi connectivity index (χ4v) is 3.61. The van der Waals surface area contributed by atoms with Crippen molar-refractivity contribution in [1.29, 1.82) is 0 Å². The van der Waals surface area contributed by atoms with Crippen molar-refractivity contribution in [2.45, 2.75) is 38.4 Å². The Morgan fingerprint density at radius 3 is 2.84 bits per heavy atom. The molecule has 31 heavy (non-hydrogen) atoms. The van der Waals surface area contributed by atoms with Crippen LogP contribution in [0.2, 0.25) is 0 Å². The van der Waals surface area contributed by atoms with Gasteiger partial charge in [-0.15, -0.1) is 23.9 Å². The zero-order chi connectivity index (χ0) is 22.6. The summed E-state index contributed by atoms with van der Waals surface area (Å²) in [6.45, 7) is 5.32.